The summed E-state index contributed by atoms with van der Waals surface area (Å²) in [6, 6.07) is 14.3. The molecule has 4 rings (SSSR count). The zero-order chi connectivity index (χ0) is 23.4. The van der Waals surface area contributed by atoms with Crippen LogP contribution in [0, 0.1) is 5.82 Å². The molecule has 8 heteroatoms. The first-order valence-electron chi connectivity index (χ1n) is 10.7. The zero-order valence-electron chi connectivity index (χ0n) is 19.0. The maximum atomic E-state index is 14.1. The van der Waals surface area contributed by atoms with Crippen LogP contribution in [0.3, 0.4) is 0 Å². The highest BCUT2D eigenvalue weighted by Gasteiger charge is 2.27. The molecule has 1 fully saturated rings. The number of carbonyl (C=O) groups excluding carboxylic acids is 1. The number of thiophene rings is 1. The van der Waals surface area contributed by atoms with Gasteiger partial charge in [0, 0.05) is 48.0 Å². The molecule has 0 saturated carbocycles. The third kappa shape index (κ3) is 4.82. The monoisotopic (exact) mass is 470 g/mol. The Labute approximate surface area is 197 Å². The Morgan fingerprint density at radius 1 is 0.909 bits per heavy atom. The SMILES string of the molecule is COc1ccc(C(=O)N2CCN(Cc3ccc(-c4ccccc4F)s3)CC2)c(OC)c1OC. The molecule has 2 aromatic carbocycles. The number of nitrogens with zero attached hydrogens (tertiary/aromatic N) is 2. The number of ether oxygens (including phenoxy) is 3. The lowest BCUT2D eigenvalue weighted by Gasteiger charge is -2.34. The van der Waals surface area contributed by atoms with Crippen molar-refractivity contribution in [2.75, 3.05) is 47.5 Å². The average Bonchev–Trinajstić information content (AvgIpc) is 3.31. The highest BCUT2D eigenvalue weighted by atomic mass is 32.1. The van der Waals surface area contributed by atoms with Crippen LogP contribution in [0.25, 0.3) is 10.4 Å². The first-order chi connectivity index (χ1) is 16.0. The van der Waals surface area contributed by atoms with Gasteiger partial charge in [-0.15, -0.1) is 11.3 Å². The summed E-state index contributed by atoms with van der Waals surface area (Å²) in [5.41, 5.74) is 1.09. The van der Waals surface area contributed by atoms with E-state index < -0.39 is 0 Å². The molecular formula is C25H27FN2O4S. The van der Waals surface area contributed by atoms with Gasteiger partial charge in [0.1, 0.15) is 5.82 Å². The van der Waals surface area contributed by atoms with Crippen LogP contribution in [0.15, 0.2) is 48.5 Å². The quantitative estimate of drug-likeness (QED) is 0.508. The topological polar surface area (TPSA) is 51.2 Å². The van der Waals surface area contributed by atoms with Gasteiger partial charge in [-0.05, 0) is 30.3 Å². The summed E-state index contributed by atoms with van der Waals surface area (Å²) in [5, 5.41) is 0. The number of hydrogen-bond donors (Lipinski definition) is 0. The third-order valence-electron chi connectivity index (χ3n) is 5.77. The van der Waals surface area contributed by atoms with E-state index in [0.717, 1.165) is 24.5 Å². The summed E-state index contributed by atoms with van der Waals surface area (Å²) < 4.78 is 30.3. The predicted octanol–water partition coefficient (Wildman–Crippen LogP) is 4.54. The average molecular weight is 471 g/mol. The summed E-state index contributed by atoms with van der Waals surface area (Å²) in [6.45, 7) is 3.52. The molecule has 0 aliphatic carbocycles. The molecule has 0 radical (unpaired) electrons. The van der Waals surface area contributed by atoms with E-state index in [9.17, 15) is 9.18 Å². The second-order valence-electron chi connectivity index (χ2n) is 7.70. The molecule has 174 valence electrons. The lowest BCUT2D eigenvalue weighted by Crippen LogP contribution is -2.48. The van der Waals surface area contributed by atoms with Crippen LogP contribution in [-0.2, 0) is 6.54 Å². The van der Waals surface area contributed by atoms with Crippen molar-refractivity contribution in [2.45, 2.75) is 6.54 Å². The highest BCUT2D eigenvalue weighted by molar-refractivity contribution is 7.15. The number of methoxy groups -OCH3 is 3. The van der Waals surface area contributed by atoms with E-state index in [1.807, 2.05) is 17.0 Å². The standard InChI is InChI=1S/C25H27FN2O4S/c1-30-21-10-9-19(23(31-2)24(21)32-3)25(29)28-14-12-27(13-15-28)16-17-8-11-22(33-17)18-6-4-5-7-20(18)26/h4-11H,12-16H2,1-3H3. The van der Waals surface area contributed by atoms with Crippen LogP contribution in [0.5, 0.6) is 17.2 Å². The van der Waals surface area contributed by atoms with Crippen molar-refractivity contribution in [3.05, 3.63) is 64.8 Å². The van der Waals surface area contributed by atoms with Crippen LogP contribution in [0.1, 0.15) is 15.2 Å². The molecule has 1 aliphatic heterocycles. The second kappa shape index (κ2) is 10.2. The van der Waals surface area contributed by atoms with Crippen molar-refractivity contribution in [1.29, 1.82) is 0 Å². The first kappa shape index (κ1) is 23.1. The van der Waals surface area contributed by atoms with Gasteiger partial charge in [0.2, 0.25) is 5.75 Å². The molecule has 0 unspecified atom stereocenters. The molecule has 0 bridgehead atoms. The fourth-order valence-electron chi connectivity index (χ4n) is 4.04. The summed E-state index contributed by atoms with van der Waals surface area (Å²) >= 11 is 1.61. The van der Waals surface area contributed by atoms with E-state index in [-0.39, 0.29) is 11.7 Å². The minimum absolute atomic E-state index is 0.0922. The number of halogens is 1. The summed E-state index contributed by atoms with van der Waals surface area (Å²) in [6.07, 6.45) is 0. The Morgan fingerprint density at radius 3 is 2.30 bits per heavy atom. The number of rotatable bonds is 7. The van der Waals surface area contributed by atoms with Gasteiger partial charge in [-0.2, -0.15) is 0 Å². The smallest absolute Gasteiger partial charge is 0.257 e. The van der Waals surface area contributed by atoms with Gasteiger partial charge in [0.05, 0.1) is 26.9 Å². The predicted molar refractivity (Wildman–Crippen MR) is 127 cm³/mol. The Balaban J connectivity index is 1.40. The number of carbonyl (C=O) groups is 1. The van der Waals surface area contributed by atoms with Crippen molar-refractivity contribution in [2.24, 2.45) is 0 Å². The van der Waals surface area contributed by atoms with Gasteiger partial charge in [0.25, 0.3) is 5.91 Å². The molecular weight excluding hydrogens is 443 g/mol. The Morgan fingerprint density at radius 2 is 1.64 bits per heavy atom. The Kier molecular flexibility index (Phi) is 7.15. The van der Waals surface area contributed by atoms with Crippen LogP contribution in [0.2, 0.25) is 0 Å². The van der Waals surface area contributed by atoms with E-state index >= 15 is 0 Å². The number of piperazine rings is 1. The number of amides is 1. The van der Waals surface area contributed by atoms with Gasteiger partial charge in [-0.3, -0.25) is 9.69 Å². The summed E-state index contributed by atoms with van der Waals surface area (Å²) in [4.78, 5) is 19.5. The minimum atomic E-state index is -0.205. The fourth-order valence-corrected chi connectivity index (χ4v) is 5.12. The van der Waals surface area contributed by atoms with E-state index in [1.165, 1.54) is 25.2 Å². The molecule has 1 aliphatic rings. The van der Waals surface area contributed by atoms with E-state index in [4.69, 9.17) is 14.2 Å². The van der Waals surface area contributed by atoms with Gasteiger partial charge < -0.3 is 19.1 Å². The third-order valence-corrected chi connectivity index (χ3v) is 6.88. The summed E-state index contributed by atoms with van der Waals surface area (Å²) in [7, 11) is 4.59. The van der Waals surface area contributed by atoms with Crippen LogP contribution < -0.4 is 14.2 Å². The highest BCUT2D eigenvalue weighted by Crippen LogP contribution is 2.40. The van der Waals surface area contributed by atoms with Gasteiger partial charge >= 0.3 is 0 Å². The molecule has 0 atom stereocenters. The van der Waals surface area contributed by atoms with Crippen LogP contribution in [-0.4, -0.2) is 63.2 Å². The van der Waals surface area contributed by atoms with E-state index in [0.29, 0.717) is 41.5 Å². The van der Waals surface area contributed by atoms with E-state index in [2.05, 4.69) is 11.0 Å². The Hall–Kier alpha value is -3.10. The summed E-state index contributed by atoms with van der Waals surface area (Å²) in [5.74, 6) is 1.01. The number of hydrogen-bond acceptors (Lipinski definition) is 6. The molecule has 3 aromatic rings. The second-order valence-corrected chi connectivity index (χ2v) is 8.86. The molecule has 0 spiro atoms. The van der Waals surface area contributed by atoms with Crippen molar-refractivity contribution in [1.82, 2.24) is 9.80 Å². The Bertz CT molecular complexity index is 1130. The van der Waals surface area contributed by atoms with E-state index in [1.54, 1.807) is 42.7 Å². The molecule has 2 heterocycles. The van der Waals surface area contributed by atoms with Crippen molar-refractivity contribution in [3.63, 3.8) is 0 Å². The van der Waals surface area contributed by atoms with Gasteiger partial charge in [-0.25, -0.2) is 4.39 Å². The normalized spacial score (nSPS) is 14.2. The molecule has 1 aromatic heterocycles. The lowest BCUT2D eigenvalue weighted by molar-refractivity contribution is 0.0625. The van der Waals surface area contributed by atoms with Crippen molar-refractivity contribution >= 4 is 17.2 Å². The maximum Gasteiger partial charge on any atom is 0.257 e. The molecule has 1 saturated heterocycles. The van der Waals surface area contributed by atoms with Gasteiger partial charge in [0.15, 0.2) is 11.5 Å². The molecule has 1 amide bonds. The van der Waals surface area contributed by atoms with Crippen molar-refractivity contribution in [3.8, 4) is 27.7 Å². The van der Waals surface area contributed by atoms with Gasteiger partial charge in [-0.1, -0.05) is 18.2 Å². The van der Waals surface area contributed by atoms with Crippen LogP contribution >= 0.6 is 11.3 Å². The maximum absolute atomic E-state index is 14.1. The zero-order valence-corrected chi connectivity index (χ0v) is 19.8. The first-order valence-corrected chi connectivity index (χ1v) is 11.5. The lowest BCUT2D eigenvalue weighted by atomic mass is 10.1. The number of benzene rings is 2. The largest absolute Gasteiger partial charge is 0.493 e. The molecule has 0 N–H and O–H groups in total. The minimum Gasteiger partial charge on any atom is -0.493 e. The molecule has 6 nitrogen and oxygen atoms in total. The fraction of sp³-hybridized carbons (Fsp3) is 0.320. The van der Waals surface area contributed by atoms with Crippen molar-refractivity contribution < 1.29 is 23.4 Å². The molecule has 33 heavy (non-hydrogen) atoms. The van der Waals surface area contributed by atoms with Crippen LogP contribution in [0.4, 0.5) is 4.39 Å².